The molecule has 0 radical (unpaired) electrons. The fourth-order valence-electron chi connectivity index (χ4n) is 4.07. The summed E-state index contributed by atoms with van der Waals surface area (Å²) in [5.41, 5.74) is 3.07. The highest BCUT2D eigenvalue weighted by molar-refractivity contribution is 7.17. The molecular formula is C22H20F2N4OS. The minimum atomic E-state index is -0.901. The van der Waals surface area contributed by atoms with Crippen LogP contribution < -0.4 is 0 Å². The molecule has 0 aliphatic carbocycles. The molecule has 3 heterocycles. The third-order valence-electron chi connectivity index (χ3n) is 5.59. The van der Waals surface area contributed by atoms with Crippen molar-refractivity contribution in [1.82, 2.24) is 19.5 Å². The number of thiazole rings is 1. The lowest BCUT2D eigenvalue weighted by molar-refractivity contribution is 0.205. The van der Waals surface area contributed by atoms with Crippen molar-refractivity contribution in [2.45, 2.75) is 32.4 Å². The van der Waals surface area contributed by atoms with Gasteiger partial charge in [0.25, 0.3) is 0 Å². The number of rotatable bonds is 4. The first-order valence-electron chi connectivity index (χ1n) is 9.88. The van der Waals surface area contributed by atoms with Crippen LogP contribution in [-0.4, -0.2) is 31.1 Å². The summed E-state index contributed by atoms with van der Waals surface area (Å²) in [6.07, 6.45) is 1.51. The molecule has 1 N–H and O–H groups in total. The van der Waals surface area contributed by atoms with Crippen LogP contribution in [0.15, 0.2) is 42.5 Å². The van der Waals surface area contributed by atoms with Crippen LogP contribution in [0, 0.1) is 11.6 Å². The summed E-state index contributed by atoms with van der Waals surface area (Å²) < 4.78 is 29.2. The molecule has 0 bridgehead atoms. The Labute approximate surface area is 176 Å². The summed E-state index contributed by atoms with van der Waals surface area (Å²) in [6, 6.07) is 11.7. The molecule has 0 saturated heterocycles. The third kappa shape index (κ3) is 3.16. The molecule has 0 spiro atoms. The van der Waals surface area contributed by atoms with Gasteiger partial charge in [0, 0.05) is 19.5 Å². The predicted molar refractivity (Wildman–Crippen MR) is 111 cm³/mol. The van der Waals surface area contributed by atoms with Gasteiger partial charge in [-0.1, -0.05) is 48.6 Å². The van der Waals surface area contributed by atoms with E-state index in [1.807, 2.05) is 19.1 Å². The van der Waals surface area contributed by atoms with E-state index in [0.29, 0.717) is 34.2 Å². The molecule has 2 aromatic carbocycles. The second-order valence-corrected chi connectivity index (χ2v) is 8.44. The van der Waals surface area contributed by atoms with E-state index < -0.39 is 17.7 Å². The molecule has 8 heteroatoms. The van der Waals surface area contributed by atoms with Crippen LogP contribution in [0.3, 0.4) is 0 Å². The summed E-state index contributed by atoms with van der Waals surface area (Å²) in [5, 5.41) is 15.3. The molecule has 0 saturated carbocycles. The molecular weight excluding hydrogens is 406 g/mol. The van der Waals surface area contributed by atoms with Gasteiger partial charge in [0.05, 0.1) is 10.9 Å². The number of nitrogens with zero attached hydrogens (tertiary/aromatic N) is 4. The Kier molecular flexibility index (Phi) is 4.75. The van der Waals surface area contributed by atoms with E-state index in [1.165, 1.54) is 33.0 Å². The summed E-state index contributed by atoms with van der Waals surface area (Å²) >= 11 is 1.33. The normalized spacial score (nSPS) is 15.4. The number of aromatic nitrogens is 3. The number of hydrogen-bond donors (Lipinski definition) is 1. The van der Waals surface area contributed by atoms with E-state index in [-0.39, 0.29) is 5.88 Å². The fraction of sp³-hybridized carbons (Fsp3) is 0.273. The first-order valence-corrected chi connectivity index (χ1v) is 10.7. The minimum Gasteiger partial charge on any atom is -0.492 e. The number of halogens is 2. The number of hydrogen-bond acceptors (Lipinski definition) is 5. The van der Waals surface area contributed by atoms with Crippen molar-refractivity contribution in [2.75, 3.05) is 6.54 Å². The Hall–Kier alpha value is -2.84. The zero-order valence-electron chi connectivity index (χ0n) is 16.3. The topological polar surface area (TPSA) is 53.7 Å². The van der Waals surface area contributed by atoms with Gasteiger partial charge in [0.15, 0.2) is 17.5 Å². The van der Waals surface area contributed by atoms with Crippen LogP contribution in [-0.2, 0) is 19.4 Å². The van der Waals surface area contributed by atoms with Gasteiger partial charge in [-0.25, -0.2) is 13.8 Å². The molecule has 0 amide bonds. The molecule has 4 aromatic rings. The van der Waals surface area contributed by atoms with Crippen molar-refractivity contribution >= 4 is 16.3 Å². The van der Waals surface area contributed by atoms with E-state index in [4.69, 9.17) is 0 Å². The Bertz CT molecular complexity index is 1240. The number of aryl methyl sites for hydroxylation is 1. The molecule has 0 unspecified atom stereocenters. The zero-order chi connectivity index (χ0) is 20.8. The molecule has 0 fully saturated rings. The van der Waals surface area contributed by atoms with Crippen molar-refractivity contribution in [3.8, 4) is 5.88 Å². The summed E-state index contributed by atoms with van der Waals surface area (Å²) in [7, 11) is 0. The highest BCUT2D eigenvalue weighted by Gasteiger charge is 2.32. The lowest BCUT2D eigenvalue weighted by atomic mass is 9.95. The summed E-state index contributed by atoms with van der Waals surface area (Å²) in [5.74, 6) is -1.14. The quantitative estimate of drug-likeness (QED) is 0.523. The summed E-state index contributed by atoms with van der Waals surface area (Å²) in [4.78, 5) is 7.85. The summed E-state index contributed by atoms with van der Waals surface area (Å²) in [6.45, 7) is 3.33. The maximum Gasteiger partial charge on any atom is 0.230 e. The van der Waals surface area contributed by atoms with Crippen molar-refractivity contribution in [3.05, 3.63) is 81.5 Å². The maximum absolute atomic E-state index is 14.1. The second-order valence-electron chi connectivity index (χ2n) is 7.43. The number of fused-ring (bicyclic) bond motifs is 2. The van der Waals surface area contributed by atoms with Gasteiger partial charge in [0.2, 0.25) is 10.8 Å². The second kappa shape index (κ2) is 7.45. The maximum atomic E-state index is 14.1. The highest BCUT2D eigenvalue weighted by atomic mass is 32.1. The van der Waals surface area contributed by atoms with Crippen LogP contribution in [0.1, 0.15) is 40.4 Å². The van der Waals surface area contributed by atoms with E-state index in [1.54, 1.807) is 6.07 Å². The minimum absolute atomic E-state index is 0.00390. The monoisotopic (exact) mass is 426 g/mol. The van der Waals surface area contributed by atoms with E-state index in [2.05, 4.69) is 27.1 Å². The molecule has 1 atom stereocenters. The molecule has 5 nitrogen and oxygen atoms in total. The number of aromatic hydroxyl groups is 1. The van der Waals surface area contributed by atoms with Gasteiger partial charge in [-0.3, -0.25) is 4.90 Å². The van der Waals surface area contributed by atoms with E-state index >= 15 is 0 Å². The van der Waals surface area contributed by atoms with Gasteiger partial charge in [0.1, 0.15) is 0 Å². The zero-order valence-corrected chi connectivity index (χ0v) is 17.2. The first-order chi connectivity index (χ1) is 14.5. The first kappa shape index (κ1) is 19.1. The molecule has 2 aromatic heterocycles. The van der Waals surface area contributed by atoms with Gasteiger partial charge in [-0.05, 0) is 35.2 Å². The Morgan fingerprint density at radius 1 is 1.13 bits per heavy atom. The lowest BCUT2D eigenvalue weighted by Crippen LogP contribution is -2.34. The van der Waals surface area contributed by atoms with Gasteiger partial charge < -0.3 is 5.11 Å². The van der Waals surface area contributed by atoms with Crippen LogP contribution in [0.25, 0.3) is 4.96 Å². The van der Waals surface area contributed by atoms with Gasteiger partial charge in [-0.2, -0.15) is 4.52 Å². The smallest absolute Gasteiger partial charge is 0.230 e. The Morgan fingerprint density at radius 3 is 2.67 bits per heavy atom. The highest BCUT2D eigenvalue weighted by Crippen LogP contribution is 2.41. The molecule has 5 rings (SSSR count). The average molecular weight is 426 g/mol. The van der Waals surface area contributed by atoms with Crippen LogP contribution in [0.4, 0.5) is 8.78 Å². The van der Waals surface area contributed by atoms with Crippen molar-refractivity contribution in [2.24, 2.45) is 0 Å². The molecule has 1 aliphatic heterocycles. The van der Waals surface area contributed by atoms with Gasteiger partial charge in [-0.15, -0.1) is 5.10 Å². The molecule has 1 aliphatic rings. The van der Waals surface area contributed by atoms with E-state index in [9.17, 15) is 13.9 Å². The Balaban J connectivity index is 1.63. The lowest BCUT2D eigenvalue weighted by Gasteiger charge is -2.35. The number of benzene rings is 2. The van der Waals surface area contributed by atoms with Gasteiger partial charge >= 0.3 is 0 Å². The van der Waals surface area contributed by atoms with Crippen molar-refractivity contribution < 1.29 is 13.9 Å². The third-order valence-corrected chi connectivity index (χ3v) is 6.67. The van der Waals surface area contributed by atoms with Crippen LogP contribution in [0.5, 0.6) is 5.88 Å². The van der Waals surface area contributed by atoms with Crippen molar-refractivity contribution in [3.63, 3.8) is 0 Å². The fourth-order valence-corrected chi connectivity index (χ4v) is 5.20. The van der Waals surface area contributed by atoms with E-state index in [0.717, 1.165) is 19.0 Å². The van der Waals surface area contributed by atoms with Crippen LogP contribution >= 0.6 is 11.3 Å². The Morgan fingerprint density at radius 2 is 1.93 bits per heavy atom. The molecule has 30 heavy (non-hydrogen) atoms. The largest absolute Gasteiger partial charge is 0.492 e. The van der Waals surface area contributed by atoms with Crippen LogP contribution in [0.2, 0.25) is 0 Å². The molecule has 154 valence electrons. The predicted octanol–water partition coefficient (Wildman–Crippen LogP) is 4.48. The average Bonchev–Trinajstić information content (AvgIpc) is 3.30. The SMILES string of the molecule is CCc1nc2sc([C@H](c3ccc(F)c(F)c3)N3CCc4ccccc4C3)c(O)n2n1. The van der Waals surface area contributed by atoms with Crippen molar-refractivity contribution in [1.29, 1.82) is 0 Å². The standard InChI is InChI=1S/C22H20F2N4OS/c1-2-18-25-22-28(26-18)21(29)20(30-22)19(14-7-8-16(23)17(24)11-14)27-10-9-13-5-3-4-6-15(13)12-27/h3-8,11,19,29H,2,9-10,12H2,1H3/t19-/m0/s1.